The number of hydrogen-bond acceptors (Lipinski definition) is 3. The van der Waals surface area contributed by atoms with Crippen LogP contribution in [-0.2, 0) is 4.74 Å². The van der Waals surface area contributed by atoms with Crippen molar-refractivity contribution in [1.29, 1.82) is 0 Å². The third kappa shape index (κ3) is 3.20. The van der Waals surface area contributed by atoms with Crippen molar-refractivity contribution < 1.29 is 4.74 Å². The van der Waals surface area contributed by atoms with Gasteiger partial charge in [0.2, 0.25) is 0 Å². The topological polar surface area (TPSA) is 24.5 Å². The van der Waals surface area contributed by atoms with E-state index in [1.807, 2.05) is 0 Å². The highest BCUT2D eigenvalue weighted by Gasteiger charge is 2.54. The van der Waals surface area contributed by atoms with E-state index in [2.05, 4.69) is 58.7 Å². The van der Waals surface area contributed by atoms with Gasteiger partial charge in [0.25, 0.3) is 0 Å². The second-order valence-electron chi connectivity index (χ2n) is 8.60. The Morgan fingerprint density at radius 1 is 1.10 bits per heavy atom. The SMILES string of the molecule is CCNC1C(CN2CCC(C)(C)C2)C(C)(C)OC1(C)C. The van der Waals surface area contributed by atoms with Crippen molar-refractivity contribution in [2.24, 2.45) is 11.3 Å². The Balaban J connectivity index is 2.11. The molecular formula is C17H34N2O. The number of ether oxygens (including phenoxy) is 1. The largest absolute Gasteiger partial charge is 0.368 e. The third-order valence-corrected chi connectivity index (χ3v) is 5.21. The molecule has 2 saturated heterocycles. The molecule has 2 atom stereocenters. The standard InChI is InChI=1S/C17H34N2O/c1-8-18-14-13(16(4,5)20-17(14,6)7)11-19-10-9-15(2,3)12-19/h13-14,18H,8-12H2,1-7H3. The molecule has 0 aliphatic carbocycles. The molecule has 20 heavy (non-hydrogen) atoms. The van der Waals surface area contributed by atoms with Crippen LogP contribution in [0.3, 0.4) is 0 Å². The molecule has 0 aromatic heterocycles. The Bertz CT molecular complexity index is 349. The van der Waals surface area contributed by atoms with Gasteiger partial charge in [-0.05, 0) is 52.6 Å². The van der Waals surface area contributed by atoms with E-state index in [0.717, 1.165) is 13.1 Å². The van der Waals surface area contributed by atoms with E-state index in [9.17, 15) is 0 Å². The van der Waals surface area contributed by atoms with Crippen LogP contribution in [0, 0.1) is 11.3 Å². The summed E-state index contributed by atoms with van der Waals surface area (Å²) in [5.41, 5.74) is 0.343. The first-order valence-electron chi connectivity index (χ1n) is 8.23. The summed E-state index contributed by atoms with van der Waals surface area (Å²) in [5, 5.41) is 3.68. The van der Waals surface area contributed by atoms with Crippen LogP contribution in [0.5, 0.6) is 0 Å². The number of likely N-dealkylation sites (N-methyl/N-ethyl adjacent to an activating group) is 1. The first-order chi connectivity index (χ1) is 9.07. The summed E-state index contributed by atoms with van der Waals surface area (Å²) in [4.78, 5) is 2.64. The molecule has 0 aromatic rings. The summed E-state index contributed by atoms with van der Waals surface area (Å²) in [6.07, 6.45) is 1.32. The van der Waals surface area contributed by atoms with Crippen molar-refractivity contribution in [2.45, 2.75) is 72.1 Å². The molecule has 0 spiro atoms. The fraction of sp³-hybridized carbons (Fsp3) is 1.00. The predicted molar refractivity (Wildman–Crippen MR) is 85.0 cm³/mol. The van der Waals surface area contributed by atoms with Crippen LogP contribution in [0.2, 0.25) is 0 Å². The molecule has 2 aliphatic heterocycles. The van der Waals surface area contributed by atoms with Gasteiger partial charge in [-0.15, -0.1) is 0 Å². The maximum Gasteiger partial charge on any atom is 0.0790 e. The Morgan fingerprint density at radius 2 is 1.75 bits per heavy atom. The molecule has 2 heterocycles. The highest BCUT2D eigenvalue weighted by Crippen LogP contribution is 2.43. The van der Waals surface area contributed by atoms with Crippen molar-refractivity contribution in [3.05, 3.63) is 0 Å². The average molecular weight is 282 g/mol. The molecule has 2 unspecified atom stereocenters. The molecule has 0 saturated carbocycles. The van der Waals surface area contributed by atoms with Gasteiger partial charge in [0.1, 0.15) is 0 Å². The number of likely N-dealkylation sites (tertiary alicyclic amines) is 1. The quantitative estimate of drug-likeness (QED) is 0.858. The summed E-state index contributed by atoms with van der Waals surface area (Å²) >= 11 is 0. The van der Waals surface area contributed by atoms with E-state index in [-0.39, 0.29) is 11.2 Å². The monoisotopic (exact) mass is 282 g/mol. The fourth-order valence-corrected chi connectivity index (χ4v) is 4.29. The first kappa shape index (κ1) is 16.3. The maximum atomic E-state index is 6.39. The maximum absolute atomic E-state index is 6.39. The summed E-state index contributed by atoms with van der Waals surface area (Å²) < 4.78 is 6.39. The van der Waals surface area contributed by atoms with Gasteiger partial charge in [-0.1, -0.05) is 20.8 Å². The minimum Gasteiger partial charge on any atom is -0.368 e. The third-order valence-electron chi connectivity index (χ3n) is 5.21. The number of nitrogens with zero attached hydrogens (tertiary/aromatic N) is 1. The highest BCUT2D eigenvalue weighted by molar-refractivity contribution is 5.06. The van der Waals surface area contributed by atoms with Crippen LogP contribution < -0.4 is 5.32 Å². The van der Waals surface area contributed by atoms with Gasteiger partial charge in [-0.25, -0.2) is 0 Å². The summed E-state index contributed by atoms with van der Waals surface area (Å²) in [5.74, 6) is 0.548. The molecule has 0 aromatic carbocycles. The van der Waals surface area contributed by atoms with Gasteiger partial charge >= 0.3 is 0 Å². The van der Waals surface area contributed by atoms with Crippen LogP contribution in [0.1, 0.15) is 54.9 Å². The van der Waals surface area contributed by atoms with E-state index in [1.165, 1.54) is 19.5 Å². The van der Waals surface area contributed by atoms with Crippen LogP contribution >= 0.6 is 0 Å². The average Bonchev–Trinajstić information content (AvgIpc) is 2.68. The Hall–Kier alpha value is -0.120. The predicted octanol–water partition coefficient (Wildman–Crippen LogP) is 2.90. The number of nitrogens with one attached hydrogen (secondary N) is 1. The lowest BCUT2D eigenvalue weighted by molar-refractivity contribution is -0.0793. The van der Waals surface area contributed by atoms with Crippen LogP contribution in [0.4, 0.5) is 0 Å². The second kappa shape index (κ2) is 5.26. The lowest BCUT2D eigenvalue weighted by Gasteiger charge is -2.33. The van der Waals surface area contributed by atoms with E-state index < -0.39 is 0 Å². The molecule has 0 amide bonds. The molecule has 118 valence electrons. The zero-order valence-corrected chi connectivity index (χ0v) is 14.5. The molecule has 2 fully saturated rings. The fourth-order valence-electron chi connectivity index (χ4n) is 4.29. The molecule has 2 aliphatic rings. The lowest BCUT2D eigenvalue weighted by atomic mass is 9.82. The van der Waals surface area contributed by atoms with Crippen LogP contribution in [0.25, 0.3) is 0 Å². The van der Waals surface area contributed by atoms with Crippen LogP contribution in [0.15, 0.2) is 0 Å². The molecular weight excluding hydrogens is 248 g/mol. The van der Waals surface area contributed by atoms with Crippen molar-refractivity contribution in [3.63, 3.8) is 0 Å². The van der Waals surface area contributed by atoms with Crippen molar-refractivity contribution in [2.75, 3.05) is 26.2 Å². The molecule has 3 heteroatoms. The van der Waals surface area contributed by atoms with Crippen molar-refractivity contribution in [1.82, 2.24) is 10.2 Å². The van der Waals surface area contributed by atoms with Gasteiger partial charge in [0.05, 0.1) is 11.2 Å². The van der Waals surface area contributed by atoms with Crippen LogP contribution in [-0.4, -0.2) is 48.3 Å². The van der Waals surface area contributed by atoms with E-state index in [4.69, 9.17) is 4.74 Å². The minimum absolute atomic E-state index is 0.0525. The van der Waals surface area contributed by atoms with Crippen molar-refractivity contribution in [3.8, 4) is 0 Å². The summed E-state index contributed by atoms with van der Waals surface area (Å²) in [7, 11) is 0. The zero-order chi connectivity index (χ0) is 15.2. The van der Waals surface area contributed by atoms with Gasteiger partial charge in [-0.3, -0.25) is 0 Å². The molecule has 0 radical (unpaired) electrons. The first-order valence-corrected chi connectivity index (χ1v) is 8.23. The Morgan fingerprint density at radius 3 is 2.25 bits per heavy atom. The smallest absolute Gasteiger partial charge is 0.0790 e. The lowest BCUT2D eigenvalue weighted by Crippen LogP contribution is -2.50. The van der Waals surface area contributed by atoms with E-state index in [0.29, 0.717) is 17.4 Å². The summed E-state index contributed by atoms with van der Waals surface area (Å²) in [6.45, 7) is 20.6. The minimum atomic E-state index is -0.0839. The summed E-state index contributed by atoms with van der Waals surface area (Å²) in [6, 6.07) is 0.436. The van der Waals surface area contributed by atoms with Gasteiger partial charge in [0, 0.05) is 25.0 Å². The second-order valence-corrected chi connectivity index (χ2v) is 8.60. The normalized spacial score (nSPS) is 35.5. The van der Waals surface area contributed by atoms with Gasteiger partial charge in [0.15, 0.2) is 0 Å². The van der Waals surface area contributed by atoms with Crippen molar-refractivity contribution >= 4 is 0 Å². The van der Waals surface area contributed by atoms with E-state index in [1.54, 1.807) is 0 Å². The zero-order valence-electron chi connectivity index (χ0n) is 14.5. The number of hydrogen-bond donors (Lipinski definition) is 1. The highest BCUT2D eigenvalue weighted by atomic mass is 16.5. The number of rotatable bonds is 4. The molecule has 2 rings (SSSR count). The Kier molecular flexibility index (Phi) is 4.27. The molecule has 3 nitrogen and oxygen atoms in total. The Labute approximate surface area is 125 Å². The van der Waals surface area contributed by atoms with E-state index >= 15 is 0 Å². The van der Waals surface area contributed by atoms with Gasteiger partial charge < -0.3 is 15.0 Å². The molecule has 1 N–H and O–H groups in total. The van der Waals surface area contributed by atoms with Gasteiger partial charge in [-0.2, -0.15) is 0 Å². The molecule has 0 bridgehead atoms.